The summed E-state index contributed by atoms with van der Waals surface area (Å²) >= 11 is 0. The molecule has 0 amide bonds. The quantitative estimate of drug-likeness (QED) is 0.221. The summed E-state index contributed by atoms with van der Waals surface area (Å²) in [5, 5.41) is 25.1. The van der Waals surface area contributed by atoms with E-state index in [1.54, 1.807) is 32.0 Å². The predicted octanol–water partition coefficient (Wildman–Crippen LogP) is 4.12. The first-order chi connectivity index (χ1) is 25.6. The van der Waals surface area contributed by atoms with Crippen molar-refractivity contribution in [1.29, 1.82) is 0 Å². The van der Waals surface area contributed by atoms with E-state index in [0.717, 1.165) is 13.8 Å². The Kier molecular flexibility index (Phi) is 12.9. The van der Waals surface area contributed by atoms with E-state index in [0.29, 0.717) is 0 Å². The summed E-state index contributed by atoms with van der Waals surface area (Å²) < 4.78 is 29.4. The summed E-state index contributed by atoms with van der Waals surface area (Å²) in [7, 11) is 0. The van der Waals surface area contributed by atoms with Gasteiger partial charge in [0.15, 0.2) is 18.0 Å². The number of ketones is 1. The molecule has 9 atom stereocenters. The van der Waals surface area contributed by atoms with Gasteiger partial charge in [0.25, 0.3) is 0 Å². The highest BCUT2D eigenvalue weighted by atomic mass is 16.6. The van der Waals surface area contributed by atoms with Crippen LogP contribution in [0.15, 0.2) is 79.2 Å². The van der Waals surface area contributed by atoms with Crippen LogP contribution in [0, 0.1) is 23.2 Å². The molecule has 0 radical (unpaired) electrons. The summed E-state index contributed by atoms with van der Waals surface area (Å²) in [4.78, 5) is 84.8. The Morgan fingerprint density at radius 1 is 0.855 bits per heavy atom. The van der Waals surface area contributed by atoms with Gasteiger partial charge >= 0.3 is 29.8 Å². The van der Waals surface area contributed by atoms with E-state index in [1.807, 2.05) is 0 Å². The zero-order valence-corrected chi connectivity index (χ0v) is 32.2. The molecule has 1 heterocycles. The zero-order valence-electron chi connectivity index (χ0n) is 32.2. The van der Waals surface area contributed by atoms with Gasteiger partial charge in [-0.2, -0.15) is 0 Å². The summed E-state index contributed by atoms with van der Waals surface area (Å²) in [6.07, 6.45) is -3.86. The lowest BCUT2D eigenvalue weighted by Crippen LogP contribution is -2.57. The van der Waals surface area contributed by atoms with E-state index < -0.39 is 107 Å². The van der Waals surface area contributed by atoms with E-state index >= 15 is 0 Å². The summed E-state index contributed by atoms with van der Waals surface area (Å²) in [5.74, 6) is -8.97. The topological polar surface area (TPSA) is 202 Å². The molecule has 2 aliphatic rings. The molecule has 0 aliphatic heterocycles. The van der Waals surface area contributed by atoms with E-state index in [4.69, 9.17) is 23.7 Å². The second-order valence-electron chi connectivity index (χ2n) is 15.2. The maximum absolute atomic E-state index is 14.7. The monoisotopic (exact) mass is 763 g/mol. The third kappa shape index (κ3) is 9.19. The molecule has 14 heteroatoms. The Morgan fingerprint density at radius 2 is 1.45 bits per heavy atom. The van der Waals surface area contributed by atoms with Crippen LogP contribution in [-0.2, 0) is 42.9 Å². The van der Waals surface area contributed by atoms with Crippen LogP contribution in [0.25, 0.3) is 0 Å². The normalized spacial score (nSPS) is 30.6. The Hall–Kier alpha value is -5.21. The Labute approximate surface area is 319 Å². The van der Waals surface area contributed by atoms with Crippen LogP contribution in [0.3, 0.4) is 0 Å². The van der Waals surface area contributed by atoms with E-state index in [9.17, 15) is 39.0 Å². The maximum Gasteiger partial charge on any atom is 0.340 e. The molecule has 2 aliphatic carbocycles. The number of pyridine rings is 1. The fourth-order valence-corrected chi connectivity index (χ4v) is 7.22. The van der Waals surface area contributed by atoms with Crippen molar-refractivity contribution in [3.8, 4) is 0 Å². The fourth-order valence-electron chi connectivity index (χ4n) is 7.22. The van der Waals surface area contributed by atoms with Crippen LogP contribution in [0.1, 0.15) is 82.5 Å². The smallest absolute Gasteiger partial charge is 0.340 e. The van der Waals surface area contributed by atoms with Gasteiger partial charge in [-0.25, -0.2) is 9.59 Å². The number of benzene rings is 1. The molecule has 0 saturated heterocycles. The number of carbonyl (C=O) groups is 6. The molecule has 1 aromatic heterocycles. The Morgan fingerprint density at radius 3 is 2.02 bits per heavy atom. The average Bonchev–Trinajstić information content (AvgIpc) is 3.34. The van der Waals surface area contributed by atoms with Gasteiger partial charge in [0.1, 0.15) is 29.5 Å². The SMILES string of the molecule is C=C1C(OC(=O)C(C)C)C(O)C(OC(=O)c2cccnc2)C(C)(C)C=CC(C)C(=O)C2(O)CC(C)(OC(C)=O)C(OC(=O)c3ccccc3)C2C1OC(C)=O. The lowest BCUT2D eigenvalue weighted by molar-refractivity contribution is -0.177. The number of allylic oxidation sites excluding steroid dienone is 1. The van der Waals surface area contributed by atoms with Gasteiger partial charge in [0.2, 0.25) is 0 Å². The highest BCUT2D eigenvalue weighted by Gasteiger charge is 2.69. The molecule has 1 fully saturated rings. The molecule has 9 unspecified atom stereocenters. The number of rotatable bonds is 8. The molecule has 2 aromatic rings. The number of fused-ring (bicyclic) bond motifs is 1. The number of hydrogen-bond donors (Lipinski definition) is 2. The minimum Gasteiger partial charge on any atom is -0.457 e. The zero-order chi connectivity index (χ0) is 41.0. The van der Waals surface area contributed by atoms with Crippen molar-refractivity contribution in [2.24, 2.45) is 23.2 Å². The van der Waals surface area contributed by atoms with Gasteiger partial charge in [-0.15, -0.1) is 0 Å². The summed E-state index contributed by atoms with van der Waals surface area (Å²) in [5.41, 5.74) is -6.07. The first-order valence-corrected chi connectivity index (χ1v) is 17.9. The molecular formula is C41H49NO13. The minimum absolute atomic E-state index is 0.0420. The second-order valence-corrected chi connectivity index (χ2v) is 15.2. The van der Waals surface area contributed by atoms with Gasteiger partial charge in [-0.3, -0.25) is 24.2 Å². The summed E-state index contributed by atoms with van der Waals surface area (Å²) in [6, 6.07) is 10.7. The van der Waals surface area contributed by atoms with Crippen LogP contribution >= 0.6 is 0 Å². The van der Waals surface area contributed by atoms with Crippen molar-refractivity contribution >= 4 is 35.6 Å². The fraction of sp³-hybridized carbons (Fsp3) is 0.488. The van der Waals surface area contributed by atoms with E-state index in [1.165, 1.54) is 76.5 Å². The van der Waals surface area contributed by atoms with Gasteiger partial charge in [0.05, 0.1) is 23.0 Å². The van der Waals surface area contributed by atoms with Crippen molar-refractivity contribution in [1.82, 2.24) is 4.98 Å². The molecule has 296 valence electrons. The Bertz CT molecular complexity index is 1820. The predicted molar refractivity (Wildman–Crippen MR) is 195 cm³/mol. The lowest BCUT2D eigenvalue weighted by Gasteiger charge is -2.43. The maximum atomic E-state index is 14.7. The largest absolute Gasteiger partial charge is 0.457 e. The number of aliphatic hydroxyl groups excluding tert-OH is 1. The van der Waals surface area contributed by atoms with Crippen molar-refractivity contribution < 1.29 is 62.7 Å². The van der Waals surface area contributed by atoms with Crippen molar-refractivity contribution in [2.75, 3.05) is 0 Å². The van der Waals surface area contributed by atoms with Crippen molar-refractivity contribution in [2.45, 2.75) is 104 Å². The Balaban J connectivity index is 2.02. The number of hydrogen-bond acceptors (Lipinski definition) is 14. The number of Topliss-reactive ketones (excluding diaryl/α,β-unsaturated/α-hetero) is 1. The summed E-state index contributed by atoms with van der Waals surface area (Å²) in [6.45, 7) is 15.4. The van der Waals surface area contributed by atoms with Gasteiger partial charge in [-0.1, -0.05) is 71.5 Å². The van der Waals surface area contributed by atoms with Crippen molar-refractivity contribution in [3.63, 3.8) is 0 Å². The first kappa shape index (κ1) is 42.5. The number of aromatic nitrogens is 1. The van der Waals surface area contributed by atoms with Crippen LogP contribution in [0.5, 0.6) is 0 Å². The standard InChI is InChI=1S/C41H49NO13/c1-22(2)36(47)52-32-24(4)31(51-25(5)43)29-34(53-37(48)27-14-11-10-12-15-27)40(9,55-26(6)44)21-41(29,50)33(46)23(3)17-18-39(7,8)35(30(32)45)54-38(49)28-16-13-19-42-20-28/h10-20,22-23,29-32,34-35,45,50H,4,21H2,1-3,5-9H3. The molecule has 1 saturated carbocycles. The highest BCUT2D eigenvalue weighted by molar-refractivity contribution is 5.93. The highest BCUT2D eigenvalue weighted by Crippen LogP contribution is 2.52. The number of carbonyl (C=O) groups excluding carboxylic acids is 6. The van der Waals surface area contributed by atoms with E-state index in [2.05, 4.69) is 11.6 Å². The van der Waals surface area contributed by atoms with Crippen LogP contribution in [-0.4, -0.2) is 92.5 Å². The van der Waals surface area contributed by atoms with Crippen molar-refractivity contribution in [3.05, 3.63) is 90.3 Å². The van der Waals surface area contributed by atoms with Gasteiger partial charge in [-0.05, 0) is 31.2 Å². The van der Waals surface area contributed by atoms with Crippen LogP contribution in [0.4, 0.5) is 0 Å². The third-order valence-electron chi connectivity index (χ3n) is 9.92. The molecular weight excluding hydrogens is 714 g/mol. The number of ether oxygens (including phenoxy) is 5. The molecule has 2 N–H and O–H groups in total. The molecule has 4 rings (SSSR count). The number of nitrogens with zero attached hydrogens (tertiary/aromatic N) is 1. The van der Waals surface area contributed by atoms with Crippen LogP contribution in [0.2, 0.25) is 0 Å². The van der Waals surface area contributed by atoms with Gasteiger partial charge in [0, 0.05) is 49.6 Å². The minimum atomic E-state index is -2.58. The molecule has 0 spiro atoms. The average molecular weight is 764 g/mol. The number of esters is 5. The first-order valence-electron chi connectivity index (χ1n) is 17.9. The van der Waals surface area contributed by atoms with E-state index in [-0.39, 0.29) is 16.7 Å². The lowest BCUT2D eigenvalue weighted by atomic mass is 9.72. The molecule has 0 bridgehead atoms. The second kappa shape index (κ2) is 16.7. The van der Waals surface area contributed by atoms with Gasteiger partial charge < -0.3 is 33.9 Å². The number of aliphatic hydroxyl groups is 2. The third-order valence-corrected chi connectivity index (χ3v) is 9.92. The van der Waals surface area contributed by atoms with Crippen LogP contribution < -0.4 is 0 Å². The molecule has 1 aromatic carbocycles. The molecule has 14 nitrogen and oxygen atoms in total. The molecule has 55 heavy (non-hydrogen) atoms.